The highest BCUT2D eigenvalue weighted by Gasteiger charge is 2.48. The quantitative estimate of drug-likeness (QED) is 0.251. The molecule has 3 aromatic rings. The van der Waals surface area contributed by atoms with Gasteiger partial charge in [0.2, 0.25) is 11.8 Å². The summed E-state index contributed by atoms with van der Waals surface area (Å²) >= 11 is 0. The van der Waals surface area contributed by atoms with Crippen molar-refractivity contribution < 1.29 is 33.4 Å². The lowest BCUT2D eigenvalue weighted by Crippen LogP contribution is -2.51. The Morgan fingerprint density at radius 2 is 1.58 bits per heavy atom. The molecule has 9 heteroatoms. The Labute approximate surface area is 282 Å². The first-order valence-electron chi connectivity index (χ1n) is 16.8. The van der Waals surface area contributed by atoms with Gasteiger partial charge in [0.25, 0.3) is 0 Å². The number of esters is 2. The molecule has 0 aliphatic carbocycles. The summed E-state index contributed by atoms with van der Waals surface area (Å²) in [7, 11) is 0. The average Bonchev–Trinajstić information content (AvgIpc) is 3.87. The number of carbonyl (C=O) groups excluding carboxylic acids is 4. The lowest BCUT2D eigenvalue weighted by Gasteiger charge is -2.29. The van der Waals surface area contributed by atoms with Crippen LogP contribution in [-0.2, 0) is 39.8 Å². The number of hydrogen-bond donors (Lipinski definition) is 2. The number of nitrogens with one attached hydrogen (secondary N) is 2. The van der Waals surface area contributed by atoms with Crippen molar-refractivity contribution in [2.24, 2.45) is 17.3 Å². The van der Waals surface area contributed by atoms with E-state index in [0.717, 1.165) is 21.9 Å². The van der Waals surface area contributed by atoms with E-state index in [2.05, 4.69) is 10.6 Å². The third-order valence-corrected chi connectivity index (χ3v) is 9.06. The van der Waals surface area contributed by atoms with Crippen LogP contribution in [-0.4, -0.2) is 54.7 Å². The van der Waals surface area contributed by atoms with Gasteiger partial charge in [-0.25, -0.2) is 4.79 Å². The molecule has 2 heterocycles. The van der Waals surface area contributed by atoms with Crippen LogP contribution in [0.4, 0.5) is 0 Å². The third-order valence-electron chi connectivity index (χ3n) is 9.06. The lowest BCUT2D eigenvalue weighted by atomic mass is 9.92. The maximum atomic E-state index is 13.6. The molecule has 3 aromatic carbocycles. The first kappa shape index (κ1) is 34.8. The van der Waals surface area contributed by atoms with Crippen molar-refractivity contribution in [1.82, 2.24) is 10.6 Å². The van der Waals surface area contributed by atoms with Gasteiger partial charge < -0.3 is 24.8 Å². The molecule has 6 atom stereocenters. The molecule has 1 fully saturated rings. The molecule has 1 saturated heterocycles. The molecule has 254 valence electrons. The molecule has 2 amide bonds. The molecule has 5 rings (SSSR count). The van der Waals surface area contributed by atoms with Crippen molar-refractivity contribution in [3.63, 3.8) is 0 Å². The minimum absolute atomic E-state index is 0.0345. The van der Waals surface area contributed by atoms with Crippen molar-refractivity contribution in [3.05, 3.63) is 96.1 Å². The SMILES string of the molecule is CC(C)CC1OC(=O)C(C)(C)CNC(=O)[C@@H](Cc2cccc3ccccc23)NC(=O)/C=C/C[C@@H]([C@H](C)[C@@H]2O[C@H]2c2ccccc2)OC1=O. The molecule has 0 saturated carbocycles. The molecule has 0 radical (unpaired) electrons. The Morgan fingerprint density at radius 3 is 2.33 bits per heavy atom. The standard InChI is InChI=1S/C39H46N2O7/c1-24(2)21-32-37(44)46-31(25(3)34-35(48-34)27-14-7-6-8-15-27)19-12-20-33(42)41-30(36(43)40-23-39(4,5)38(45)47-32)22-28-17-11-16-26-13-9-10-18-29(26)28/h6-18,20,24-25,30-32,34-35H,19,21-23H2,1-5H3,(H,40,43)(H,41,42)/b20-12+/t25-,30+,31-,32?,34-,35-/m0/s1. The summed E-state index contributed by atoms with van der Waals surface area (Å²) in [6.45, 7) is 9.06. The zero-order valence-electron chi connectivity index (χ0n) is 28.3. The lowest BCUT2D eigenvalue weighted by molar-refractivity contribution is -0.179. The smallest absolute Gasteiger partial charge is 0.347 e. The van der Waals surface area contributed by atoms with Gasteiger partial charge in [0.15, 0.2) is 6.10 Å². The first-order chi connectivity index (χ1) is 22.9. The van der Waals surface area contributed by atoms with Crippen LogP contribution < -0.4 is 10.6 Å². The summed E-state index contributed by atoms with van der Waals surface area (Å²) < 4.78 is 17.9. The molecular formula is C39H46N2O7. The fourth-order valence-electron chi connectivity index (χ4n) is 6.08. The topological polar surface area (TPSA) is 123 Å². The second-order valence-corrected chi connectivity index (χ2v) is 13.9. The zero-order valence-corrected chi connectivity index (χ0v) is 28.3. The summed E-state index contributed by atoms with van der Waals surface area (Å²) in [6, 6.07) is 22.7. The average molecular weight is 655 g/mol. The number of ether oxygens (including phenoxy) is 3. The zero-order chi connectivity index (χ0) is 34.4. The van der Waals surface area contributed by atoms with Crippen molar-refractivity contribution >= 4 is 34.5 Å². The Morgan fingerprint density at radius 1 is 0.875 bits per heavy atom. The van der Waals surface area contributed by atoms with Crippen LogP contribution in [0.3, 0.4) is 0 Å². The molecule has 0 spiro atoms. The van der Waals surface area contributed by atoms with Gasteiger partial charge in [0, 0.05) is 25.3 Å². The predicted molar refractivity (Wildman–Crippen MR) is 183 cm³/mol. The maximum Gasteiger partial charge on any atom is 0.347 e. The monoisotopic (exact) mass is 654 g/mol. The van der Waals surface area contributed by atoms with E-state index >= 15 is 0 Å². The highest BCUT2D eigenvalue weighted by Crippen LogP contribution is 2.45. The fraction of sp³-hybridized carbons (Fsp3) is 0.436. The molecule has 2 aliphatic heterocycles. The van der Waals surface area contributed by atoms with Gasteiger partial charge in [0.05, 0.1) is 11.5 Å². The van der Waals surface area contributed by atoms with Crippen molar-refractivity contribution in [2.75, 3.05) is 6.54 Å². The van der Waals surface area contributed by atoms with Crippen LogP contribution in [0.5, 0.6) is 0 Å². The largest absolute Gasteiger partial charge is 0.459 e. The van der Waals surface area contributed by atoms with Crippen molar-refractivity contribution in [1.29, 1.82) is 0 Å². The number of cyclic esters (lactones) is 2. The van der Waals surface area contributed by atoms with Crippen molar-refractivity contribution in [3.8, 4) is 0 Å². The maximum absolute atomic E-state index is 13.6. The van der Waals surface area contributed by atoms with Crippen LogP contribution in [0, 0.1) is 17.3 Å². The van der Waals surface area contributed by atoms with E-state index in [1.807, 2.05) is 93.6 Å². The molecule has 0 bridgehead atoms. The highest BCUT2D eigenvalue weighted by molar-refractivity contribution is 5.94. The van der Waals surface area contributed by atoms with Crippen LogP contribution >= 0.6 is 0 Å². The van der Waals surface area contributed by atoms with E-state index in [9.17, 15) is 19.2 Å². The summed E-state index contributed by atoms with van der Waals surface area (Å²) in [5.41, 5.74) is 0.765. The molecule has 2 aliphatic rings. The predicted octanol–water partition coefficient (Wildman–Crippen LogP) is 5.62. The van der Waals surface area contributed by atoms with E-state index in [4.69, 9.17) is 14.2 Å². The number of amides is 2. The minimum Gasteiger partial charge on any atom is -0.459 e. The number of hydrogen-bond acceptors (Lipinski definition) is 7. The summed E-state index contributed by atoms with van der Waals surface area (Å²) in [5, 5.41) is 7.71. The molecule has 0 aromatic heterocycles. The molecule has 2 N–H and O–H groups in total. The van der Waals surface area contributed by atoms with Gasteiger partial charge in [-0.3, -0.25) is 14.4 Å². The van der Waals surface area contributed by atoms with Gasteiger partial charge >= 0.3 is 11.9 Å². The molecule has 9 nitrogen and oxygen atoms in total. The van der Waals surface area contributed by atoms with E-state index in [1.54, 1.807) is 19.9 Å². The molecular weight excluding hydrogens is 608 g/mol. The number of epoxide rings is 1. The highest BCUT2D eigenvalue weighted by atomic mass is 16.6. The normalized spacial score (nSPS) is 26.6. The third kappa shape index (κ3) is 8.69. The van der Waals surface area contributed by atoms with Crippen LogP contribution in [0.2, 0.25) is 0 Å². The van der Waals surface area contributed by atoms with Crippen LogP contribution in [0.1, 0.15) is 64.7 Å². The van der Waals surface area contributed by atoms with E-state index < -0.39 is 47.4 Å². The second kappa shape index (κ2) is 15.2. The van der Waals surface area contributed by atoms with Gasteiger partial charge in [-0.1, -0.05) is 99.6 Å². The van der Waals surface area contributed by atoms with E-state index in [0.29, 0.717) is 0 Å². The fourth-order valence-corrected chi connectivity index (χ4v) is 6.08. The number of fused-ring (bicyclic) bond motifs is 1. The van der Waals surface area contributed by atoms with Crippen LogP contribution in [0.25, 0.3) is 10.8 Å². The van der Waals surface area contributed by atoms with E-state index in [-0.39, 0.29) is 49.9 Å². The van der Waals surface area contributed by atoms with Crippen LogP contribution in [0.15, 0.2) is 84.9 Å². The second-order valence-electron chi connectivity index (χ2n) is 13.9. The number of benzene rings is 3. The Bertz CT molecular complexity index is 1650. The molecule has 48 heavy (non-hydrogen) atoms. The Hall–Kier alpha value is -4.50. The van der Waals surface area contributed by atoms with Gasteiger partial charge in [-0.05, 0) is 54.2 Å². The summed E-state index contributed by atoms with van der Waals surface area (Å²) in [5.74, 6) is -2.37. The van der Waals surface area contributed by atoms with Crippen molar-refractivity contribution in [2.45, 2.75) is 84.3 Å². The van der Waals surface area contributed by atoms with Gasteiger partial charge in [-0.2, -0.15) is 0 Å². The van der Waals surface area contributed by atoms with E-state index in [1.165, 1.54) is 6.08 Å². The summed E-state index contributed by atoms with van der Waals surface area (Å²) in [6.07, 6.45) is 1.63. The Balaban J connectivity index is 1.42. The minimum atomic E-state index is -1.17. The first-order valence-corrected chi connectivity index (χ1v) is 16.8. The number of carbonyl (C=O) groups is 4. The molecule has 1 unspecified atom stereocenters. The van der Waals surface area contributed by atoms with Gasteiger partial charge in [0.1, 0.15) is 18.2 Å². The summed E-state index contributed by atoms with van der Waals surface area (Å²) in [4.78, 5) is 54.0. The Kier molecular flexibility index (Phi) is 11.0. The number of rotatable bonds is 7. The van der Waals surface area contributed by atoms with Gasteiger partial charge in [-0.15, -0.1) is 0 Å².